The predicted octanol–water partition coefficient (Wildman–Crippen LogP) is 1.62. The van der Waals surface area contributed by atoms with Gasteiger partial charge in [-0.25, -0.2) is 0 Å². The largest absolute Gasteiger partial charge is 0.493 e. The van der Waals surface area contributed by atoms with Gasteiger partial charge >= 0.3 is 0 Å². The van der Waals surface area contributed by atoms with Crippen molar-refractivity contribution in [2.75, 3.05) is 27.3 Å². The molecule has 0 bridgehead atoms. The van der Waals surface area contributed by atoms with Crippen molar-refractivity contribution < 1.29 is 19.4 Å². The zero-order valence-corrected chi connectivity index (χ0v) is 12.9. The topological polar surface area (TPSA) is 59.0 Å². The van der Waals surface area contributed by atoms with E-state index in [0.717, 1.165) is 5.56 Å². The second-order valence-electron chi connectivity index (χ2n) is 5.74. The minimum absolute atomic E-state index is 0.0812. The molecule has 0 spiro atoms. The monoisotopic (exact) mass is 293 g/mol. The summed E-state index contributed by atoms with van der Waals surface area (Å²) in [6.45, 7) is 3.04. The lowest BCUT2D eigenvalue weighted by molar-refractivity contribution is -0.134. The van der Waals surface area contributed by atoms with Crippen LogP contribution in [0.3, 0.4) is 0 Å². The molecule has 21 heavy (non-hydrogen) atoms. The van der Waals surface area contributed by atoms with Gasteiger partial charge in [-0.15, -0.1) is 0 Å². The third kappa shape index (κ3) is 3.88. The van der Waals surface area contributed by atoms with Crippen LogP contribution in [-0.4, -0.2) is 48.8 Å². The Kier molecular flexibility index (Phi) is 4.73. The molecule has 1 heterocycles. The Morgan fingerprint density at radius 3 is 2.43 bits per heavy atom. The van der Waals surface area contributed by atoms with Crippen molar-refractivity contribution in [1.82, 2.24) is 4.90 Å². The first-order chi connectivity index (χ1) is 9.95. The molecule has 1 aromatic carbocycles. The van der Waals surface area contributed by atoms with E-state index in [4.69, 9.17) is 9.47 Å². The van der Waals surface area contributed by atoms with Gasteiger partial charge in [0.05, 0.1) is 26.2 Å². The number of benzene rings is 1. The van der Waals surface area contributed by atoms with Crippen LogP contribution in [0.1, 0.15) is 25.3 Å². The van der Waals surface area contributed by atoms with Crippen molar-refractivity contribution in [3.8, 4) is 11.5 Å². The molecule has 5 heteroatoms. The molecule has 1 amide bonds. The Labute approximate surface area is 125 Å². The summed E-state index contributed by atoms with van der Waals surface area (Å²) in [5.41, 5.74) is 0.259. The Bertz CT molecular complexity index is 503. The minimum atomic E-state index is -0.639. The maximum Gasteiger partial charge on any atom is 0.226 e. The summed E-state index contributed by atoms with van der Waals surface area (Å²) in [6, 6.07) is 5.51. The number of nitrogens with zero attached hydrogens (tertiary/aromatic N) is 1. The molecule has 0 radical (unpaired) electrons. The van der Waals surface area contributed by atoms with Crippen molar-refractivity contribution in [3.05, 3.63) is 23.8 Å². The third-order valence-electron chi connectivity index (χ3n) is 4.00. The lowest BCUT2D eigenvalue weighted by Gasteiger charge is -2.35. The lowest BCUT2D eigenvalue weighted by Crippen LogP contribution is -2.45. The molecule has 0 aromatic heterocycles. The fourth-order valence-electron chi connectivity index (χ4n) is 2.51. The lowest BCUT2D eigenvalue weighted by atomic mass is 9.93. The quantitative estimate of drug-likeness (QED) is 0.916. The average Bonchev–Trinajstić information content (AvgIpc) is 2.46. The molecule has 116 valence electrons. The second-order valence-corrected chi connectivity index (χ2v) is 5.74. The maximum absolute atomic E-state index is 12.3. The summed E-state index contributed by atoms with van der Waals surface area (Å²) in [6.07, 6.45) is 1.60. The smallest absolute Gasteiger partial charge is 0.226 e. The number of carbonyl (C=O) groups is 1. The first kappa shape index (κ1) is 15.6. The predicted molar refractivity (Wildman–Crippen MR) is 79.7 cm³/mol. The van der Waals surface area contributed by atoms with Gasteiger partial charge in [0.25, 0.3) is 0 Å². The Morgan fingerprint density at radius 2 is 1.86 bits per heavy atom. The van der Waals surface area contributed by atoms with Gasteiger partial charge in [0.1, 0.15) is 0 Å². The van der Waals surface area contributed by atoms with Gasteiger partial charge in [0, 0.05) is 13.1 Å². The van der Waals surface area contributed by atoms with Gasteiger partial charge < -0.3 is 19.5 Å². The summed E-state index contributed by atoms with van der Waals surface area (Å²) in [7, 11) is 3.17. The number of hydrogen-bond donors (Lipinski definition) is 1. The summed E-state index contributed by atoms with van der Waals surface area (Å²) in [5.74, 6) is 1.37. The first-order valence-electron chi connectivity index (χ1n) is 7.16. The van der Waals surface area contributed by atoms with Gasteiger partial charge in [-0.2, -0.15) is 0 Å². The summed E-state index contributed by atoms with van der Waals surface area (Å²) < 4.78 is 10.4. The van der Waals surface area contributed by atoms with Crippen molar-refractivity contribution >= 4 is 5.91 Å². The number of amides is 1. The maximum atomic E-state index is 12.3. The van der Waals surface area contributed by atoms with Crippen LogP contribution in [-0.2, 0) is 11.2 Å². The van der Waals surface area contributed by atoms with Crippen LogP contribution in [0.15, 0.2) is 18.2 Å². The molecule has 1 fully saturated rings. The zero-order valence-electron chi connectivity index (χ0n) is 12.9. The Morgan fingerprint density at radius 1 is 1.24 bits per heavy atom. The van der Waals surface area contributed by atoms with Gasteiger partial charge in [0.15, 0.2) is 11.5 Å². The molecule has 1 saturated heterocycles. The second kappa shape index (κ2) is 6.35. The highest BCUT2D eigenvalue weighted by Crippen LogP contribution is 2.28. The molecule has 2 rings (SSSR count). The van der Waals surface area contributed by atoms with Crippen LogP contribution < -0.4 is 9.47 Å². The van der Waals surface area contributed by atoms with E-state index in [1.165, 1.54) is 0 Å². The fourth-order valence-corrected chi connectivity index (χ4v) is 2.51. The molecule has 0 saturated carbocycles. The van der Waals surface area contributed by atoms with Gasteiger partial charge in [-0.05, 0) is 37.5 Å². The molecular weight excluding hydrogens is 270 g/mol. The van der Waals surface area contributed by atoms with Crippen LogP contribution in [0.5, 0.6) is 11.5 Å². The van der Waals surface area contributed by atoms with Crippen LogP contribution in [0.25, 0.3) is 0 Å². The zero-order chi connectivity index (χ0) is 15.5. The van der Waals surface area contributed by atoms with Crippen LogP contribution >= 0.6 is 0 Å². The van der Waals surface area contributed by atoms with Crippen LogP contribution in [0.2, 0.25) is 0 Å². The van der Waals surface area contributed by atoms with E-state index in [2.05, 4.69) is 0 Å². The van der Waals surface area contributed by atoms with E-state index in [0.29, 0.717) is 43.9 Å². The Hall–Kier alpha value is -1.75. The SMILES string of the molecule is COc1ccc(CC(=O)N2CCC(C)(O)CC2)cc1OC. The van der Waals surface area contributed by atoms with E-state index in [-0.39, 0.29) is 5.91 Å². The number of carbonyl (C=O) groups excluding carboxylic acids is 1. The number of aliphatic hydroxyl groups is 1. The summed E-state index contributed by atoms with van der Waals surface area (Å²) in [4.78, 5) is 14.1. The van der Waals surface area contributed by atoms with Crippen molar-refractivity contribution in [3.63, 3.8) is 0 Å². The molecule has 1 aliphatic rings. The van der Waals surface area contributed by atoms with E-state index >= 15 is 0 Å². The van der Waals surface area contributed by atoms with Crippen LogP contribution in [0.4, 0.5) is 0 Å². The average molecular weight is 293 g/mol. The molecule has 1 aliphatic heterocycles. The molecule has 0 aliphatic carbocycles. The van der Waals surface area contributed by atoms with Crippen LogP contribution in [0, 0.1) is 0 Å². The number of piperidine rings is 1. The molecule has 1 aromatic rings. The van der Waals surface area contributed by atoms with Gasteiger partial charge in [-0.1, -0.05) is 6.07 Å². The summed E-state index contributed by atoms with van der Waals surface area (Å²) >= 11 is 0. The minimum Gasteiger partial charge on any atom is -0.493 e. The summed E-state index contributed by atoms with van der Waals surface area (Å²) in [5, 5.41) is 9.92. The molecule has 0 unspecified atom stereocenters. The van der Waals surface area contributed by atoms with Crippen molar-refractivity contribution in [2.24, 2.45) is 0 Å². The van der Waals surface area contributed by atoms with Crippen molar-refractivity contribution in [1.29, 1.82) is 0 Å². The number of likely N-dealkylation sites (tertiary alicyclic amines) is 1. The number of methoxy groups -OCH3 is 2. The first-order valence-corrected chi connectivity index (χ1v) is 7.16. The number of ether oxygens (including phenoxy) is 2. The molecule has 5 nitrogen and oxygen atoms in total. The van der Waals surface area contributed by atoms with Gasteiger partial charge in [-0.3, -0.25) is 4.79 Å². The highest BCUT2D eigenvalue weighted by atomic mass is 16.5. The fraction of sp³-hybridized carbons (Fsp3) is 0.562. The standard InChI is InChI=1S/C16H23NO4/c1-16(19)6-8-17(9-7-16)15(18)11-12-4-5-13(20-2)14(10-12)21-3/h4-5,10,19H,6-9,11H2,1-3H3. The van der Waals surface area contributed by atoms with E-state index < -0.39 is 5.60 Å². The normalized spacial score (nSPS) is 17.4. The number of rotatable bonds is 4. The Balaban J connectivity index is 2.00. The van der Waals surface area contributed by atoms with E-state index in [9.17, 15) is 9.90 Å². The molecular formula is C16H23NO4. The highest BCUT2D eigenvalue weighted by molar-refractivity contribution is 5.79. The highest BCUT2D eigenvalue weighted by Gasteiger charge is 2.29. The van der Waals surface area contributed by atoms with Crippen molar-refractivity contribution in [2.45, 2.75) is 31.8 Å². The third-order valence-corrected chi connectivity index (χ3v) is 4.00. The van der Waals surface area contributed by atoms with Gasteiger partial charge in [0.2, 0.25) is 5.91 Å². The molecule has 1 N–H and O–H groups in total. The van der Waals surface area contributed by atoms with E-state index in [1.54, 1.807) is 14.2 Å². The molecule has 0 atom stereocenters. The van der Waals surface area contributed by atoms with E-state index in [1.807, 2.05) is 30.0 Å². The number of hydrogen-bond acceptors (Lipinski definition) is 4.